The van der Waals surface area contributed by atoms with Crippen molar-refractivity contribution in [3.63, 3.8) is 0 Å². The van der Waals surface area contributed by atoms with Gasteiger partial charge in [0.2, 0.25) is 0 Å². The zero-order valence-corrected chi connectivity index (χ0v) is 10.7. The van der Waals surface area contributed by atoms with Crippen molar-refractivity contribution in [1.82, 2.24) is 5.32 Å². The Balaban J connectivity index is 0. The van der Waals surface area contributed by atoms with Crippen LogP contribution in [-0.4, -0.2) is 18.0 Å². The standard InChI is InChI=1S/C8H19N.BCl3/c1-3-5-7-9-8-6-4-2;2-1(3)4/h9H,3-8H2,1-2H3;. The molecule has 0 aliphatic carbocycles. The SMILES string of the molecule is CCCCNCCCC.ClB(Cl)Cl. The van der Waals surface area contributed by atoms with Gasteiger partial charge in [-0.25, -0.2) is 0 Å². The first kappa shape index (κ1) is 16.3. The highest BCUT2D eigenvalue weighted by molar-refractivity contribution is 7.54. The fraction of sp³-hybridized carbons (Fsp3) is 1.00. The third kappa shape index (κ3) is 32.2. The molecule has 0 spiro atoms. The Morgan fingerprint density at radius 1 is 0.923 bits per heavy atom. The van der Waals surface area contributed by atoms with Crippen molar-refractivity contribution in [2.75, 3.05) is 13.1 Å². The fourth-order valence-electron chi connectivity index (χ4n) is 0.729. The van der Waals surface area contributed by atoms with E-state index >= 15 is 0 Å². The Morgan fingerprint density at radius 2 is 1.23 bits per heavy atom. The van der Waals surface area contributed by atoms with Crippen molar-refractivity contribution < 1.29 is 0 Å². The maximum Gasteiger partial charge on any atom is 0.450 e. The van der Waals surface area contributed by atoms with Gasteiger partial charge >= 0.3 is 4.96 Å². The predicted molar refractivity (Wildman–Crippen MR) is 66.0 cm³/mol. The number of nitrogens with one attached hydrogen (secondary N) is 1. The smallest absolute Gasteiger partial charge is 0.317 e. The second-order valence-electron chi connectivity index (χ2n) is 2.70. The maximum absolute atomic E-state index is 4.81. The van der Waals surface area contributed by atoms with E-state index in [1.807, 2.05) is 0 Å². The second-order valence-corrected chi connectivity index (χ2v) is 4.68. The minimum atomic E-state index is -0.750. The summed E-state index contributed by atoms with van der Waals surface area (Å²) in [5.74, 6) is 0. The lowest BCUT2D eigenvalue weighted by molar-refractivity contribution is 0.611. The molecule has 5 heteroatoms. The molecule has 0 bridgehead atoms. The van der Waals surface area contributed by atoms with E-state index in [4.69, 9.17) is 34.4 Å². The first-order valence-electron chi connectivity index (χ1n) is 4.78. The van der Waals surface area contributed by atoms with Crippen molar-refractivity contribution in [2.45, 2.75) is 39.5 Å². The van der Waals surface area contributed by atoms with E-state index in [0.29, 0.717) is 0 Å². The maximum atomic E-state index is 4.81. The van der Waals surface area contributed by atoms with Crippen LogP contribution in [0.1, 0.15) is 39.5 Å². The highest BCUT2D eigenvalue weighted by Crippen LogP contribution is 1.97. The summed E-state index contributed by atoms with van der Waals surface area (Å²) in [6, 6.07) is 0. The minimum absolute atomic E-state index is 0.750. The molecule has 0 aromatic carbocycles. The van der Waals surface area contributed by atoms with Crippen LogP contribution in [0, 0.1) is 0 Å². The molecule has 0 aromatic heterocycles. The van der Waals surface area contributed by atoms with Crippen LogP contribution in [0.5, 0.6) is 0 Å². The van der Waals surface area contributed by atoms with Crippen LogP contribution in [0.15, 0.2) is 0 Å². The Bertz CT molecular complexity index is 75.0. The molecule has 1 nitrogen and oxygen atoms in total. The van der Waals surface area contributed by atoms with Crippen molar-refractivity contribution in [3.8, 4) is 0 Å². The molecule has 0 radical (unpaired) electrons. The normalized spacial score (nSPS) is 9.00. The number of hydrogen-bond acceptors (Lipinski definition) is 1. The van der Waals surface area contributed by atoms with Gasteiger partial charge in [-0.15, -0.1) is 0 Å². The van der Waals surface area contributed by atoms with E-state index in [0.717, 1.165) is 0 Å². The average Bonchev–Trinajstić information content (AvgIpc) is 2.03. The van der Waals surface area contributed by atoms with E-state index in [9.17, 15) is 0 Å². The molecule has 0 aliphatic heterocycles. The van der Waals surface area contributed by atoms with Gasteiger partial charge in [-0.05, 0) is 25.9 Å². The summed E-state index contributed by atoms with van der Waals surface area (Å²) in [7, 11) is 0. The summed E-state index contributed by atoms with van der Waals surface area (Å²) >= 11 is 14.4. The number of rotatable bonds is 6. The van der Waals surface area contributed by atoms with Crippen LogP contribution < -0.4 is 5.32 Å². The Kier molecular flexibility index (Phi) is 19.3. The zero-order valence-electron chi connectivity index (χ0n) is 8.45. The van der Waals surface area contributed by atoms with E-state index < -0.39 is 4.96 Å². The predicted octanol–water partition coefficient (Wildman–Crippen LogP) is 3.86. The summed E-state index contributed by atoms with van der Waals surface area (Å²) in [6.07, 6.45) is 5.26. The van der Waals surface area contributed by atoms with Crippen molar-refractivity contribution >= 4 is 39.3 Å². The van der Waals surface area contributed by atoms with Crippen molar-refractivity contribution in [2.24, 2.45) is 0 Å². The van der Waals surface area contributed by atoms with Gasteiger partial charge in [0.15, 0.2) is 0 Å². The van der Waals surface area contributed by atoms with Gasteiger partial charge in [-0.2, -0.15) is 34.4 Å². The van der Waals surface area contributed by atoms with E-state index in [1.54, 1.807) is 0 Å². The highest BCUT2D eigenvalue weighted by Gasteiger charge is 1.91. The quantitative estimate of drug-likeness (QED) is 0.554. The molecule has 0 amide bonds. The van der Waals surface area contributed by atoms with Crippen LogP contribution >= 0.6 is 34.4 Å². The van der Waals surface area contributed by atoms with Crippen molar-refractivity contribution in [3.05, 3.63) is 0 Å². The van der Waals surface area contributed by atoms with Gasteiger partial charge in [0.05, 0.1) is 0 Å². The van der Waals surface area contributed by atoms with Crippen LogP contribution in [0.4, 0.5) is 0 Å². The number of unbranched alkanes of at least 4 members (excludes halogenated alkanes) is 2. The molecule has 0 fully saturated rings. The largest absolute Gasteiger partial charge is 0.450 e. The molecule has 0 rings (SSSR count). The molecule has 1 N–H and O–H groups in total. The molecule has 0 saturated carbocycles. The summed E-state index contributed by atoms with van der Waals surface area (Å²) in [5, 5.41) is 3.39. The summed E-state index contributed by atoms with van der Waals surface area (Å²) in [5.41, 5.74) is 0. The zero-order chi connectivity index (χ0) is 10.5. The summed E-state index contributed by atoms with van der Waals surface area (Å²) in [6.45, 7) is 6.86. The monoisotopic (exact) mass is 245 g/mol. The second kappa shape index (κ2) is 15.4. The highest BCUT2D eigenvalue weighted by atomic mass is 35.6. The van der Waals surface area contributed by atoms with E-state index in [1.165, 1.54) is 38.8 Å². The van der Waals surface area contributed by atoms with Gasteiger partial charge in [0.25, 0.3) is 0 Å². The molecule has 0 atom stereocenters. The lowest BCUT2D eigenvalue weighted by Crippen LogP contribution is -2.15. The summed E-state index contributed by atoms with van der Waals surface area (Å²) in [4.78, 5) is -0.750. The third-order valence-electron chi connectivity index (χ3n) is 1.41. The van der Waals surface area contributed by atoms with Crippen molar-refractivity contribution in [1.29, 1.82) is 0 Å². The number of halogens is 3. The topological polar surface area (TPSA) is 12.0 Å². The molecule has 0 heterocycles. The Hall–Kier alpha value is 0.895. The number of hydrogen-bond donors (Lipinski definition) is 1. The Morgan fingerprint density at radius 3 is 1.46 bits per heavy atom. The first-order valence-corrected chi connectivity index (χ1v) is 6.09. The third-order valence-corrected chi connectivity index (χ3v) is 1.41. The van der Waals surface area contributed by atoms with Gasteiger partial charge in [-0.1, -0.05) is 26.7 Å². The lowest BCUT2D eigenvalue weighted by Gasteiger charge is -1.99. The lowest BCUT2D eigenvalue weighted by atomic mass is 10.3. The molecule has 0 aromatic rings. The molecular formula is C8H19BCl3N. The summed E-state index contributed by atoms with van der Waals surface area (Å²) < 4.78 is 0. The van der Waals surface area contributed by atoms with E-state index in [-0.39, 0.29) is 0 Å². The molecule has 0 aliphatic rings. The molecular weight excluding hydrogens is 227 g/mol. The molecule has 13 heavy (non-hydrogen) atoms. The molecule has 80 valence electrons. The fourth-order valence-corrected chi connectivity index (χ4v) is 0.729. The van der Waals surface area contributed by atoms with Crippen LogP contribution in [0.2, 0.25) is 0 Å². The molecule has 0 unspecified atom stereocenters. The van der Waals surface area contributed by atoms with Crippen LogP contribution in [0.3, 0.4) is 0 Å². The minimum Gasteiger partial charge on any atom is -0.317 e. The average molecular weight is 246 g/mol. The molecule has 0 saturated heterocycles. The van der Waals surface area contributed by atoms with E-state index in [2.05, 4.69) is 19.2 Å². The first-order chi connectivity index (χ1) is 6.15. The van der Waals surface area contributed by atoms with Crippen LogP contribution in [0.25, 0.3) is 0 Å². The van der Waals surface area contributed by atoms with Crippen LogP contribution in [-0.2, 0) is 0 Å². The van der Waals surface area contributed by atoms with Gasteiger partial charge in [0.1, 0.15) is 0 Å². The van der Waals surface area contributed by atoms with Gasteiger partial charge in [0, 0.05) is 0 Å². The Labute approximate surface area is 97.3 Å². The van der Waals surface area contributed by atoms with Gasteiger partial charge < -0.3 is 5.32 Å². The van der Waals surface area contributed by atoms with Gasteiger partial charge in [-0.3, -0.25) is 0 Å².